The van der Waals surface area contributed by atoms with E-state index in [1.54, 1.807) is 0 Å². The molecule has 0 bridgehead atoms. The van der Waals surface area contributed by atoms with Crippen LogP contribution in [0.4, 0.5) is 5.69 Å². The summed E-state index contributed by atoms with van der Waals surface area (Å²) in [6.07, 6.45) is 8.38. The SMILES string of the molecule is CCCCN(CCCC)c1ccc2nc(/C=C/C3=C(C#N)C(=C(C#N)C#N)OC3(C)C)n(CC(C)C)c2c1. The van der Waals surface area contributed by atoms with Crippen molar-refractivity contribution < 1.29 is 4.74 Å². The van der Waals surface area contributed by atoms with Crippen LogP contribution in [0.1, 0.15) is 73.1 Å². The van der Waals surface area contributed by atoms with Gasteiger partial charge in [-0.25, -0.2) is 4.98 Å². The lowest BCUT2D eigenvalue weighted by atomic mass is 9.94. The summed E-state index contributed by atoms with van der Waals surface area (Å²) in [5, 5.41) is 28.6. The van der Waals surface area contributed by atoms with Gasteiger partial charge >= 0.3 is 0 Å². The van der Waals surface area contributed by atoms with Crippen LogP contribution >= 0.6 is 0 Å². The molecule has 0 spiro atoms. The Morgan fingerprint density at radius 1 is 1.08 bits per heavy atom. The number of nitriles is 3. The zero-order chi connectivity index (χ0) is 27.9. The molecule has 0 radical (unpaired) electrons. The van der Waals surface area contributed by atoms with E-state index in [9.17, 15) is 15.8 Å². The molecule has 1 aliphatic heterocycles. The van der Waals surface area contributed by atoms with Crippen LogP contribution in [0.15, 0.2) is 46.8 Å². The second-order valence-corrected chi connectivity index (χ2v) is 10.6. The third-order valence-electron chi connectivity index (χ3n) is 6.70. The van der Waals surface area contributed by atoms with Crippen molar-refractivity contribution >= 4 is 22.8 Å². The Bertz CT molecular complexity index is 1360. The fourth-order valence-electron chi connectivity index (χ4n) is 4.72. The fourth-order valence-corrected chi connectivity index (χ4v) is 4.72. The summed E-state index contributed by atoms with van der Waals surface area (Å²) in [6.45, 7) is 15.3. The molecular weight excluding hydrogens is 472 g/mol. The lowest BCUT2D eigenvalue weighted by molar-refractivity contribution is 0.0954. The van der Waals surface area contributed by atoms with Gasteiger partial charge in [0.25, 0.3) is 0 Å². The van der Waals surface area contributed by atoms with Crippen molar-refractivity contribution in [2.75, 3.05) is 18.0 Å². The van der Waals surface area contributed by atoms with E-state index in [-0.39, 0.29) is 16.9 Å². The van der Waals surface area contributed by atoms with Crippen molar-refractivity contribution in [3.05, 3.63) is 52.6 Å². The number of aromatic nitrogens is 2. The van der Waals surface area contributed by atoms with Crippen molar-refractivity contribution in [2.45, 2.75) is 79.4 Å². The molecule has 0 amide bonds. The van der Waals surface area contributed by atoms with E-state index in [0.29, 0.717) is 11.5 Å². The fraction of sp³-hybridized carbons (Fsp3) is 0.484. The van der Waals surface area contributed by atoms with Crippen LogP contribution < -0.4 is 4.90 Å². The van der Waals surface area contributed by atoms with Crippen molar-refractivity contribution in [1.29, 1.82) is 15.8 Å². The van der Waals surface area contributed by atoms with E-state index in [1.807, 2.05) is 38.1 Å². The van der Waals surface area contributed by atoms with Gasteiger partial charge < -0.3 is 14.2 Å². The van der Waals surface area contributed by atoms with E-state index in [4.69, 9.17) is 9.72 Å². The lowest BCUT2D eigenvalue weighted by Gasteiger charge is -2.25. The number of benzene rings is 1. The molecule has 0 fully saturated rings. The first-order valence-corrected chi connectivity index (χ1v) is 13.5. The van der Waals surface area contributed by atoms with Crippen molar-refractivity contribution in [2.24, 2.45) is 5.92 Å². The van der Waals surface area contributed by atoms with Crippen LogP contribution in [0.25, 0.3) is 17.1 Å². The molecule has 2 aromatic rings. The molecule has 38 heavy (non-hydrogen) atoms. The maximum atomic E-state index is 9.87. The predicted octanol–water partition coefficient (Wildman–Crippen LogP) is 7.04. The number of anilines is 1. The molecule has 0 aliphatic carbocycles. The molecule has 198 valence electrons. The van der Waals surface area contributed by atoms with Gasteiger partial charge in [-0.1, -0.05) is 40.5 Å². The number of unbranched alkanes of at least 4 members (excludes halogenated alkanes) is 2. The van der Waals surface area contributed by atoms with E-state index < -0.39 is 5.60 Å². The van der Waals surface area contributed by atoms with E-state index in [2.05, 4.69) is 61.4 Å². The molecule has 7 nitrogen and oxygen atoms in total. The number of imidazole rings is 1. The minimum Gasteiger partial charge on any atom is -0.480 e. The third-order valence-corrected chi connectivity index (χ3v) is 6.70. The first-order valence-electron chi connectivity index (χ1n) is 13.5. The van der Waals surface area contributed by atoms with Gasteiger partial charge in [-0.3, -0.25) is 0 Å². The quantitative estimate of drug-likeness (QED) is 0.300. The zero-order valence-electron chi connectivity index (χ0n) is 23.5. The van der Waals surface area contributed by atoms with Gasteiger partial charge in [0.1, 0.15) is 35.2 Å². The summed E-state index contributed by atoms with van der Waals surface area (Å²) < 4.78 is 8.15. The maximum Gasteiger partial charge on any atom is 0.172 e. The molecule has 0 saturated carbocycles. The topological polar surface area (TPSA) is 102 Å². The number of hydrogen-bond acceptors (Lipinski definition) is 6. The lowest BCUT2D eigenvalue weighted by Crippen LogP contribution is -2.25. The van der Waals surface area contributed by atoms with Crippen molar-refractivity contribution in [1.82, 2.24) is 9.55 Å². The number of hydrogen-bond donors (Lipinski definition) is 0. The Hall–Kier alpha value is -4.02. The standard InChI is InChI=1S/C31H38N6O/c1-7-9-15-36(16-10-8-2)24-11-13-27-28(17-24)37(21-22(3)4)29(35-27)14-12-26-25(20-34)30(23(18-32)19-33)38-31(26,5)6/h11-14,17,22H,7-10,15-16,21H2,1-6H3/b14-12+. The van der Waals surface area contributed by atoms with Gasteiger partial charge in [0, 0.05) is 30.9 Å². The molecule has 0 saturated heterocycles. The Morgan fingerprint density at radius 2 is 1.74 bits per heavy atom. The van der Waals surface area contributed by atoms with Crippen LogP contribution in [0.3, 0.4) is 0 Å². The Balaban J connectivity index is 2.12. The monoisotopic (exact) mass is 510 g/mol. The summed E-state index contributed by atoms with van der Waals surface area (Å²) >= 11 is 0. The van der Waals surface area contributed by atoms with Crippen LogP contribution in [-0.2, 0) is 11.3 Å². The van der Waals surface area contributed by atoms with Crippen molar-refractivity contribution in [3.63, 3.8) is 0 Å². The average molecular weight is 511 g/mol. The summed E-state index contributed by atoms with van der Waals surface area (Å²) in [4.78, 5) is 7.41. The van der Waals surface area contributed by atoms with Crippen LogP contribution in [0.5, 0.6) is 0 Å². The summed E-state index contributed by atoms with van der Waals surface area (Å²) in [7, 11) is 0. The van der Waals surface area contributed by atoms with Gasteiger partial charge in [-0.2, -0.15) is 15.8 Å². The zero-order valence-corrected chi connectivity index (χ0v) is 23.5. The molecule has 7 heteroatoms. The summed E-state index contributed by atoms with van der Waals surface area (Å²) in [5.74, 6) is 1.24. The van der Waals surface area contributed by atoms with E-state index in [0.717, 1.165) is 62.2 Å². The molecule has 1 aromatic heterocycles. The molecule has 0 atom stereocenters. The predicted molar refractivity (Wildman–Crippen MR) is 152 cm³/mol. The average Bonchev–Trinajstić information content (AvgIpc) is 3.35. The second kappa shape index (κ2) is 12.5. The number of nitrogens with zero attached hydrogens (tertiary/aromatic N) is 6. The highest BCUT2D eigenvalue weighted by Gasteiger charge is 2.38. The molecular formula is C31H38N6O. The highest BCUT2D eigenvalue weighted by molar-refractivity contribution is 5.82. The number of fused-ring (bicyclic) bond motifs is 1. The van der Waals surface area contributed by atoms with Crippen LogP contribution in [0, 0.1) is 39.9 Å². The van der Waals surface area contributed by atoms with Gasteiger partial charge in [0.2, 0.25) is 0 Å². The molecule has 0 unspecified atom stereocenters. The second-order valence-electron chi connectivity index (χ2n) is 10.6. The van der Waals surface area contributed by atoms with Crippen LogP contribution in [-0.4, -0.2) is 28.2 Å². The molecule has 3 rings (SSSR count). The minimum absolute atomic E-state index is 0.0433. The molecule has 1 aromatic carbocycles. The largest absolute Gasteiger partial charge is 0.480 e. The third kappa shape index (κ3) is 6.09. The smallest absolute Gasteiger partial charge is 0.172 e. The summed E-state index contributed by atoms with van der Waals surface area (Å²) in [6, 6.07) is 12.3. The number of ether oxygens (including phenoxy) is 1. The Morgan fingerprint density at radius 3 is 2.29 bits per heavy atom. The molecule has 1 aliphatic rings. The molecule has 2 heterocycles. The van der Waals surface area contributed by atoms with Gasteiger partial charge in [-0.15, -0.1) is 0 Å². The van der Waals surface area contributed by atoms with Gasteiger partial charge in [-0.05, 0) is 63.0 Å². The number of allylic oxidation sites excluding steroid dienone is 2. The van der Waals surface area contributed by atoms with E-state index >= 15 is 0 Å². The van der Waals surface area contributed by atoms with Gasteiger partial charge in [0.05, 0.1) is 11.0 Å². The van der Waals surface area contributed by atoms with Crippen LogP contribution in [0.2, 0.25) is 0 Å². The van der Waals surface area contributed by atoms with E-state index in [1.165, 1.54) is 5.69 Å². The Kier molecular flexibility index (Phi) is 9.38. The normalized spacial score (nSPS) is 14.6. The first kappa shape index (κ1) is 28.5. The molecule has 0 N–H and O–H groups in total. The number of rotatable bonds is 11. The highest BCUT2D eigenvalue weighted by Crippen LogP contribution is 2.40. The summed E-state index contributed by atoms with van der Waals surface area (Å²) in [5.41, 5.74) is 2.99. The van der Waals surface area contributed by atoms with Gasteiger partial charge in [0.15, 0.2) is 11.3 Å². The van der Waals surface area contributed by atoms with Crippen molar-refractivity contribution in [3.8, 4) is 18.2 Å². The Labute approximate surface area is 226 Å². The minimum atomic E-state index is -0.864. The maximum absolute atomic E-state index is 9.87. The first-order chi connectivity index (χ1) is 18.2. The highest BCUT2D eigenvalue weighted by atomic mass is 16.5.